The minimum Gasteiger partial charge on any atom is -0.482 e. The average molecular weight is 550 g/mol. The minimum atomic E-state index is -0.538. The molecule has 0 radical (unpaired) electrons. The number of pyridine rings is 2. The number of aldehydes is 1. The summed E-state index contributed by atoms with van der Waals surface area (Å²) in [4.78, 5) is 30.0. The maximum Gasteiger partial charge on any atom is 0.410 e. The number of hydrogen-bond acceptors (Lipinski definition) is 8. The highest BCUT2D eigenvalue weighted by molar-refractivity contribution is 5.89. The van der Waals surface area contributed by atoms with Crippen molar-refractivity contribution in [3.8, 4) is 17.0 Å². The topological polar surface area (TPSA) is 117 Å². The van der Waals surface area contributed by atoms with Gasteiger partial charge in [0.15, 0.2) is 6.29 Å². The van der Waals surface area contributed by atoms with Crippen LogP contribution in [0.25, 0.3) is 16.8 Å². The van der Waals surface area contributed by atoms with Gasteiger partial charge in [-0.2, -0.15) is 5.10 Å². The van der Waals surface area contributed by atoms with Gasteiger partial charge in [-0.1, -0.05) is 5.21 Å². The Balaban J connectivity index is 1.41. The molecule has 5 heterocycles. The van der Waals surface area contributed by atoms with Crippen LogP contribution >= 0.6 is 0 Å². The van der Waals surface area contributed by atoms with Gasteiger partial charge in [-0.05, 0) is 65.7 Å². The van der Waals surface area contributed by atoms with Crippen molar-refractivity contribution in [3.05, 3.63) is 59.6 Å². The summed E-state index contributed by atoms with van der Waals surface area (Å²) in [6.07, 6.45) is 5.73. The molecule has 1 atom stereocenters. The number of carbonyl (C=O) groups is 2. The number of carbonyl (C=O) groups excluding carboxylic acids is 2. The summed E-state index contributed by atoms with van der Waals surface area (Å²) in [5, 5.41) is 13.3. The van der Waals surface area contributed by atoms with Crippen molar-refractivity contribution in [2.45, 2.75) is 65.2 Å². The average Bonchev–Trinajstić information content (AvgIpc) is 3.51. The summed E-state index contributed by atoms with van der Waals surface area (Å²) in [6, 6.07) is 4.76. The van der Waals surface area contributed by atoms with Gasteiger partial charge in [0.1, 0.15) is 34.5 Å². The van der Waals surface area contributed by atoms with Crippen molar-refractivity contribution < 1.29 is 23.5 Å². The Kier molecular flexibility index (Phi) is 7.26. The minimum absolute atomic E-state index is 0.0790. The largest absolute Gasteiger partial charge is 0.482 e. The molecular formula is C28H32FN7O4. The fourth-order valence-electron chi connectivity index (χ4n) is 4.87. The van der Waals surface area contributed by atoms with E-state index in [1.807, 2.05) is 32.4 Å². The monoisotopic (exact) mass is 549 g/mol. The lowest BCUT2D eigenvalue weighted by Crippen LogP contribution is -2.42. The molecule has 11 nitrogen and oxygen atoms in total. The summed E-state index contributed by atoms with van der Waals surface area (Å²) in [5.74, 6) is -0.0243. The van der Waals surface area contributed by atoms with Crippen LogP contribution in [-0.2, 0) is 4.74 Å². The van der Waals surface area contributed by atoms with Gasteiger partial charge in [-0.3, -0.25) is 9.78 Å². The zero-order valence-corrected chi connectivity index (χ0v) is 23.2. The Bertz CT molecular complexity index is 1530. The lowest BCUT2D eigenvalue weighted by atomic mass is 10.0. The van der Waals surface area contributed by atoms with Crippen LogP contribution in [0.2, 0.25) is 0 Å². The van der Waals surface area contributed by atoms with E-state index < -0.39 is 17.5 Å². The third-order valence-corrected chi connectivity index (χ3v) is 6.87. The molecule has 210 valence electrons. The van der Waals surface area contributed by atoms with Crippen molar-refractivity contribution in [2.24, 2.45) is 0 Å². The Morgan fingerprint density at radius 1 is 1.20 bits per heavy atom. The summed E-state index contributed by atoms with van der Waals surface area (Å²) >= 11 is 0. The molecule has 1 saturated heterocycles. The van der Waals surface area contributed by atoms with Crippen molar-refractivity contribution in [1.82, 2.24) is 34.5 Å². The highest BCUT2D eigenvalue weighted by atomic mass is 19.1. The fourth-order valence-corrected chi connectivity index (χ4v) is 4.87. The van der Waals surface area contributed by atoms with Crippen LogP contribution < -0.4 is 4.74 Å². The van der Waals surface area contributed by atoms with Crippen LogP contribution in [0.5, 0.6) is 5.75 Å². The zero-order chi connectivity index (χ0) is 28.6. The number of ether oxygens (including phenoxy) is 2. The van der Waals surface area contributed by atoms with E-state index in [9.17, 15) is 14.0 Å². The molecule has 0 aromatic carbocycles. The van der Waals surface area contributed by atoms with E-state index in [4.69, 9.17) is 9.47 Å². The molecule has 0 bridgehead atoms. The van der Waals surface area contributed by atoms with Crippen molar-refractivity contribution in [1.29, 1.82) is 0 Å². The first kappa shape index (κ1) is 27.2. The summed E-state index contributed by atoms with van der Waals surface area (Å²) in [7, 11) is 0. The molecule has 0 spiro atoms. The molecule has 0 aliphatic carbocycles. The van der Waals surface area contributed by atoms with Crippen molar-refractivity contribution >= 4 is 17.9 Å². The number of halogens is 1. The van der Waals surface area contributed by atoms with E-state index in [-0.39, 0.29) is 12.1 Å². The molecule has 4 aromatic rings. The number of likely N-dealkylation sites (tertiary alicyclic amines) is 1. The highest BCUT2D eigenvalue weighted by Gasteiger charge is 2.29. The number of rotatable bonds is 6. The molecule has 1 fully saturated rings. The molecule has 40 heavy (non-hydrogen) atoms. The summed E-state index contributed by atoms with van der Waals surface area (Å²) < 4.78 is 28.6. The number of amides is 1. The molecule has 1 amide bonds. The van der Waals surface area contributed by atoms with Crippen molar-refractivity contribution in [2.75, 3.05) is 13.1 Å². The normalized spacial score (nSPS) is 15.3. The number of piperidine rings is 1. The highest BCUT2D eigenvalue weighted by Crippen LogP contribution is 2.34. The Morgan fingerprint density at radius 2 is 1.95 bits per heavy atom. The summed E-state index contributed by atoms with van der Waals surface area (Å²) in [6.45, 7) is 10.4. The first-order chi connectivity index (χ1) is 19.0. The van der Waals surface area contributed by atoms with E-state index in [1.165, 1.54) is 12.3 Å². The predicted molar refractivity (Wildman–Crippen MR) is 144 cm³/mol. The van der Waals surface area contributed by atoms with Crippen LogP contribution in [0, 0.1) is 12.7 Å². The number of aromatic nitrogens is 6. The smallest absolute Gasteiger partial charge is 0.410 e. The van der Waals surface area contributed by atoms with Crippen LogP contribution in [0.4, 0.5) is 9.18 Å². The second-order valence-electron chi connectivity index (χ2n) is 10.9. The molecule has 0 N–H and O–H groups in total. The van der Waals surface area contributed by atoms with E-state index in [2.05, 4.69) is 20.4 Å². The van der Waals surface area contributed by atoms with Gasteiger partial charge < -0.3 is 14.4 Å². The van der Waals surface area contributed by atoms with Crippen LogP contribution in [0.15, 0.2) is 36.8 Å². The quantitative estimate of drug-likeness (QED) is 0.310. The van der Waals surface area contributed by atoms with E-state index in [0.717, 1.165) is 31.0 Å². The maximum absolute atomic E-state index is 13.4. The number of fused-ring (bicyclic) bond motifs is 1. The molecule has 0 unspecified atom stereocenters. The molecule has 4 aromatic heterocycles. The summed E-state index contributed by atoms with van der Waals surface area (Å²) in [5.41, 5.74) is 3.09. The Morgan fingerprint density at radius 3 is 2.60 bits per heavy atom. The molecule has 1 aliphatic heterocycles. The van der Waals surface area contributed by atoms with Gasteiger partial charge >= 0.3 is 6.09 Å². The second kappa shape index (κ2) is 10.7. The standard InChI is InChI=1S/C28H32FN7O4/c1-17-25(32-33-36(17)22-8-10-34(11-9-22)27(38)40-28(3,4)5)19-12-24(26-20(16-37)13-31-35(26)15-19)39-18(2)23-7-6-21(29)14-30-23/h6-7,12-16,18,22H,8-11H2,1-5H3/t18-/m1/s1. The van der Waals surface area contributed by atoms with Crippen molar-refractivity contribution in [3.63, 3.8) is 0 Å². The molecule has 1 aliphatic rings. The van der Waals surface area contributed by atoms with Gasteiger partial charge in [0.25, 0.3) is 0 Å². The van der Waals surface area contributed by atoms with Crippen LogP contribution in [0.1, 0.15) is 74.4 Å². The lowest BCUT2D eigenvalue weighted by Gasteiger charge is -2.33. The third-order valence-electron chi connectivity index (χ3n) is 6.87. The van der Waals surface area contributed by atoms with E-state index in [1.54, 1.807) is 34.7 Å². The van der Waals surface area contributed by atoms with E-state index >= 15 is 0 Å². The van der Waals surface area contributed by atoms with E-state index in [0.29, 0.717) is 46.9 Å². The molecular weight excluding hydrogens is 517 g/mol. The lowest BCUT2D eigenvalue weighted by molar-refractivity contribution is 0.0183. The fraction of sp³-hybridized carbons (Fsp3) is 0.429. The Labute approximate surface area is 230 Å². The molecule has 5 rings (SSSR count). The second-order valence-corrected chi connectivity index (χ2v) is 10.9. The predicted octanol–water partition coefficient (Wildman–Crippen LogP) is 4.96. The van der Waals surface area contributed by atoms with Crippen LogP contribution in [-0.4, -0.2) is 65.6 Å². The Hall–Kier alpha value is -4.35. The van der Waals surface area contributed by atoms with Crippen LogP contribution in [0.3, 0.4) is 0 Å². The number of hydrogen-bond donors (Lipinski definition) is 0. The molecule has 0 saturated carbocycles. The van der Waals surface area contributed by atoms with Gasteiger partial charge in [-0.15, -0.1) is 5.10 Å². The molecule has 12 heteroatoms. The van der Waals surface area contributed by atoms with Gasteiger partial charge in [0.2, 0.25) is 0 Å². The first-order valence-corrected chi connectivity index (χ1v) is 13.2. The maximum atomic E-state index is 13.4. The SMILES string of the molecule is Cc1c(-c2cc(O[C@H](C)c3ccc(F)cn3)c3c(C=O)cnn3c2)nnn1C1CCN(C(=O)OC(C)(C)C)CC1. The zero-order valence-electron chi connectivity index (χ0n) is 23.2. The number of nitrogens with zero attached hydrogens (tertiary/aromatic N) is 7. The van der Waals surface area contributed by atoms with Gasteiger partial charge in [0, 0.05) is 24.8 Å². The third kappa shape index (κ3) is 5.51. The first-order valence-electron chi connectivity index (χ1n) is 13.2. The van der Waals surface area contributed by atoms with Gasteiger partial charge in [-0.25, -0.2) is 18.4 Å². The van der Waals surface area contributed by atoms with Gasteiger partial charge in [0.05, 0.1) is 35.4 Å².